The van der Waals surface area contributed by atoms with Gasteiger partial charge in [-0.25, -0.2) is 8.78 Å². The Morgan fingerprint density at radius 1 is 1.33 bits per heavy atom. The molecule has 2 atom stereocenters. The van der Waals surface area contributed by atoms with E-state index in [1.165, 1.54) is 18.2 Å². The van der Waals surface area contributed by atoms with Gasteiger partial charge in [-0.3, -0.25) is 0 Å². The monoisotopic (exact) mass is 257 g/mol. The maximum Gasteiger partial charge on any atom is 0.129 e. The Morgan fingerprint density at radius 3 is 2.61 bits per heavy atom. The molecule has 0 aliphatic carbocycles. The highest BCUT2D eigenvalue weighted by Crippen LogP contribution is 2.17. The Morgan fingerprint density at radius 2 is 2.06 bits per heavy atom. The fraction of sp³-hybridized carbons (Fsp3) is 0.538. The molecule has 1 aromatic rings. The third kappa shape index (κ3) is 3.04. The van der Waals surface area contributed by atoms with Crippen molar-refractivity contribution >= 4 is 0 Å². The largest absolute Gasteiger partial charge is 0.376 e. The SMILES string of the molecule is CNC(Cc1c(F)cccc1F)C1COCCO1. The van der Waals surface area contributed by atoms with Crippen LogP contribution in [0.5, 0.6) is 0 Å². The summed E-state index contributed by atoms with van der Waals surface area (Å²) in [6.07, 6.45) is 0.0611. The Bertz CT molecular complexity index is 374. The minimum Gasteiger partial charge on any atom is -0.376 e. The third-order valence-corrected chi connectivity index (χ3v) is 3.15. The van der Waals surface area contributed by atoms with Gasteiger partial charge in [0.1, 0.15) is 11.6 Å². The van der Waals surface area contributed by atoms with Gasteiger partial charge in [-0.05, 0) is 25.6 Å². The second-order valence-electron chi connectivity index (χ2n) is 4.28. The van der Waals surface area contributed by atoms with Gasteiger partial charge in [-0.15, -0.1) is 0 Å². The average molecular weight is 257 g/mol. The van der Waals surface area contributed by atoms with Crippen molar-refractivity contribution in [1.29, 1.82) is 0 Å². The molecule has 100 valence electrons. The minimum atomic E-state index is -0.521. The van der Waals surface area contributed by atoms with Crippen LogP contribution in [0.4, 0.5) is 8.78 Å². The number of hydrogen-bond acceptors (Lipinski definition) is 3. The van der Waals surface area contributed by atoms with Gasteiger partial charge in [0, 0.05) is 11.6 Å². The number of rotatable bonds is 4. The molecule has 2 rings (SSSR count). The Labute approximate surface area is 105 Å². The summed E-state index contributed by atoms with van der Waals surface area (Å²) in [7, 11) is 1.75. The molecule has 0 spiro atoms. The number of benzene rings is 1. The van der Waals surface area contributed by atoms with Crippen molar-refractivity contribution in [3.63, 3.8) is 0 Å². The molecule has 1 N–H and O–H groups in total. The lowest BCUT2D eigenvalue weighted by Crippen LogP contribution is -2.46. The van der Waals surface area contributed by atoms with Crippen LogP contribution in [-0.4, -0.2) is 39.0 Å². The molecule has 1 saturated heterocycles. The molecule has 1 aromatic carbocycles. The normalized spacial score (nSPS) is 21.8. The fourth-order valence-electron chi connectivity index (χ4n) is 2.10. The summed E-state index contributed by atoms with van der Waals surface area (Å²) < 4.78 is 38.0. The standard InChI is InChI=1S/C13H17F2NO2/c1-16-12(13-8-17-5-6-18-13)7-9-10(14)3-2-4-11(9)15/h2-4,12-13,16H,5-8H2,1H3. The van der Waals surface area contributed by atoms with Crippen LogP contribution in [0.3, 0.4) is 0 Å². The van der Waals surface area contributed by atoms with Crippen LogP contribution in [0.15, 0.2) is 18.2 Å². The highest BCUT2D eigenvalue weighted by molar-refractivity contribution is 5.21. The zero-order valence-corrected chi connectivity index (χ0v) is 10.3. The van der Waals surface area contributed by atoms with E-state index in [9.17, 15) is 8.78 Å². The first kappa shape index (κ1) is 13.4. The van der Waals surface area contributed by atoms with Crippen molar-refractivity contribution in [2.24, 2.45) is 0 Å². The van der Waals surface area contributed by atoms with Crippen LogP contribution < -0.4 is 5.32 Å². The van der Waals surface area contributed by atoms with Crippen molar-refractivity contribution < 1.29 is 18.3 Å². The number of hydrogen-bond donors (Lipinski definition) is 1. The Balaban J connectivity index is 2.09. The first-order valence-corrected chi connectivity index (χ1v) is 6.02. The first-order chi connectivity index (χ1) is 8.72. The average Bonchev–Trinajstić information content (AvgIpc) is 2.40. The highest BCUT2D eigenvalue weighted by atomic mass is 19.1. The molecule has 2 unspecified atom stereocenters. The van der Waals surface area contributed by atoms with Gasteiger partial charge in [0.15, 0.2) is 0 Å². The first-order valence-electron chi connectivity index (χ1n) is 6.02. The van der Waals surface area contributed by atoms with E-state index in [-0.39, 0.29) is 24.1 Å². The molecule has 0 bridgehead atoms. The number of halogens is 2. The van der Waals surface area contributed by atoms with E-state index >= 15 is 0 Å². The van der Waals surface area contributed by atoms with E-state index in [1.54, 1.807) is 7.05 Å². The van der Waals surface area contributed by atoms with Crippen LogP contribution in [0.2, 0.25) is 0 Å². The van der Waals surface area contributed by atoms with E-state index in [1.807, 2.05) is 0 Å². The van der Waals surface area contributed by atoms with Crippen molar-refractivity contribution in [2.75, 3.05) is 26.9 Å². The zero-order valence-electron chi connectivity index (χ0n) is 10.3. The lowest BCUT2D eigenvalue weighted by atomic mass is 10.0. The van der Waals surface area contributed by atoms with Crippen molar-refractivity contribution in [2.45, 2.75) is 18.6 Å². The summed E-state index contributed by atoms with van der Waals surface area (Å²) in [6.45, 7) is 1.53. The molecule has 0 amide bonds. The molecule has 3 nitrogen and oxygen atoms in total. The van der Waals surface area contributed by atoms with E-state index in [2.05, 4.69) is 5.32 Å². The van der Waals surface area contributed by atoms with E-state index in [4.69, 9.17) is 9.47 Å². The molecular weight excluding hydrogens is 240 g/mol. The third-order valence-electron chi connectivity index (χ3n) is 3.15. The molecule has 18 heavy (non-hydrogen) atoms. The number of likely N-dealkylation sites (N-methyl/N-ethyl adjacent to an activating group) is 1. The second-order valence-corrected chi connectivity index (χ2v) is 4.28. The Kier molecular flexibility index (Phi) is 4.63. The molecule has 1 heterocycles. The van der Waals surface area contributed by atoms with Crippen molar-refractivity contribution in [3.8, 4) is 0 Å². The highest BCUT2D eigenvalue weighted by Gasteiger charge is 2.26. The molecule has 1 aliphatic heterocycles. The van der Waals surface area contributed by atoms with E-state index in [0.29, 0.717) is 19.8 Å². The van der Waals surface area contributed by atoms with E-state index in [0.717, 1.165) is 0 Å². The van der Waals surface area contributed by atoms with Gasteiger partial charge in [-0.2, -0.15) is 0 Å². The minimum absolute atomic E-state index is 0.0889. The summed E-state index contributed by atoms with van der Waals surface area (Å²) in [5, 5.41) is 3.04. The van der Waals surface area contributed by atoms with E-state index < -0.39 is 11.6 Å². The molecule has 0 saturated carbocycles. The predicted octanol–water partition coefficient (Wildman–Crippen LogP) is 1.51. The molecule has 1 fully saturated rings. The number of nitrogens with one attached hydrogen (secondary N) is 1. The molecule has 0 aromatic heterocycles. The van der Waals surface area contributed by atoms with Crippen LogP contribution >= 0.6 is 0 Å². The summed E-state index contributed by atoms with van der Waals surface area (Å²) >= 11 is 0. The summed E-state index contributed by atoms with van der Waals surface area (Å²) in [6, 6.07) is 3.73. The topological polar surface area (TPSA) is 30.5 Å². The molecule has 5 heteroatoms. The van der Waals surface area contributed by atoms with Crippen molar-refractivity contribution in [1.82, 2.24) is 5.32 Å². The van der Waals surface area contributed by atoms with Gasteiger partial charge in [0.2, 0.25) is 0 Å². The van der Waals surface area contributed by atoms with Crippen LogP contribution in [0, 0.1) is 11.6 Å². The lowest BCUT2D eigenvalue weighted by Gasteiger charge is -2.30. The van der Waals surface area contributed by atoms with Crippen LogP contribution in [-0.2, 0) is 15.9 Å². The zero-order chi connectivity index (χ0) is 13.0. The number of ether oxygens (including phenoxy) is 2. The van der Waals surface area contributed by atoms with Gasteiger partial charge in [0.05, 0.1) is 25.9 Å². The molecular formula is C13H17F2NO2. The van der Waals surface area contributed by atoms with Gasteiger partial charge in [0.25, 0.3) is 0 Å². The second kappa shape index (κ2) is 6.22. The maximum absolute atomic E-state index is 13.6. The smallest absolute Gasteiger partial charge is 0.129 e. The lowest BCUT2D eigenvalue weighted by molar-refractivity contribution is -0.101. The molecule has 0 radical (unpaired) electrons. The molecule has 1 aliphatic rings. The van der Waals surface area contributed by atoms with Gasteiger partial charge in [-0.1, -0.05) is 6.07 Å². The summed E-state index contributed by atoms with van der Waals surface area (Å²) in [5.74, 6) is -1.04. The van der Waals surface area contributed by atoms with Crippen LogP contribution in [0.1, 0.15) is 5.56 Å². The van der Waals surface area contributed by atoms with Gasteiger partial charge < -0.3 is 14.8 Å². The van der Waals surface area contributed by atoms with Gasteiger partial charge >= 0.3 is 0 Å². The summed E-state index contributed by atoms with van der Waals surface area (Å²) in [4.78, 5) is 0. The quantitative estimate of drug-likeness (QED) is 0.887. The fourth-order valence-corrected chi connectivity index (χ4v) is 2.10. The Hall–Kier alpha value is -1.04. The van der Waals surface area contributed by atoms with Crippen LogP contribution in [0.25, 0.3) is 0 Å². The predicted molar refractivity (Wildman–Crippen MR) is 63.5 cm³/mol. The summed E-state index contributed by atoms with van der Waals surface area (Å²) in [5.41, 5.74) is 0.0889. The maximum atomic E-state index is 13.6. The van der Waals surface area contributed by atoms with Crippen molar-refractivity contribution in [3.05, 3.63) is 35.4 Å².